The van der Waals surface area contributed by atoms with Crippen LogP contribution in [0.2, 0.25) is 0 Å². The number of nitrogens with one attached hydrogen (secondary N) is 1. The van der Waals surface area contributed by atoms with Gasteiger partial charge in [0.2, 0.25) is 5.91 Å². The lowest BCUT2D eigenvalue weighted by Gasteiger charge is -2.08. The third-order valence-corrected chi connectivity index (χ3v) is 4.45. The molecular weight excluding hydrogens is 390 g/mol. The molecule has 0 atom stereocenters. The van der Waals surface area contributed by atoms with Crippen LogP contribution < -0.4 is 16.6 Å². The summed E-state index contributed by atoms with van der Waals surface area (Å²) >= 11 is 3.34. The molecule has 0 saturated carbocycles. The second-order valence-electron chi connectivity index (χ2n) is 5.62. The van der Waals surface area contributed by atoms with Gasteiger partial charge in [-0.15, -0.1) is 0 Å². The second-order valence-corrected chi connectivity index (χ2v) is 6.54. The highest BCUT2D eigenvalue weighted by Gasteiger charge is 2.14. The predicted molar refractivity (Wildman–Crippen MR) is 97.6 cm³/mol. The Balaban J connectivity index is 1.80. The molecule has 0 unspecified atom stereocenters. The molecule has 2 heterocycles. The minimum Gasteiger partial charge on any atom is -0.326 e. The van der Waals surface area contributed by atoms with Crippen molar-refractivity contribution >= 4 is 38.7 Å². The number of anilines is 1. The number of hydrogen-bond acceptors (Lipinski definition) is 4. The van der Waals surface area contributed by atoms with Gasteiger partial charge in [0.1, 0.15) is 0 Å². The molecule has 0 radical (unpaired) electrons. The van der Waals surface area contributed by atoms with Crippen molar-refractivity contribution in [1.82, 2.24) is 18.7 Å². The number of halogens is 1. The van der Waals surface area contributed by atoms with Gasteiger partial charge >= 0.3 is 5.69 Å². The van der Waals surface area contributed by atoms with Crippen molar-refractivity contribution in [2.45, 2.75) is 13.0 Å². The first kappa shape index (κ1) is 17.2. The fourth-order valence-corrected chi connectivity index (χ4v) is 2.81. The summed E-state index contributed by atoms with van der Waals surface area (Å²) in [5.74, 6) is -0.175. The number of carbonyl (C=O) groups is 1. The molecule has 2 aromatic heterocycles. The number of aromatic nitrogens is 4. The number of benzene rings is 1. The third-order valence-electron chi connectivity index (χ3n) is 3.92. The largest absolute Gasteiger partial charge is 0.332 e. The molecule has 0 aliphatic rings. The minimum atomic E-state index is -0.435. The van der Waals surface area contributed by atoms with E-state index in [-0.39, 0.29) is 18.9 Å². The van der Waals surface area contributed by atoms with Gasteiger partial charge in [-0.25, -0.2) is 9.78 Å². The van der Waals surface area contributed by atoms with Gasteiger partial charge in [-0.1, -0.05) is 15.9 Å². The van der Waals surface area contributed by atoms with E-state index >= 15 is 0 Å². The molecule has 1 amide bonds. The van der Waals surface area contributed by atoms with Gasteiger partial charge in [0, 0.05) is 37.2 Å². The smallest absolute Gasteiger partial charge is 0.326 e. The lowest BCUT2D eigenvalue weighted by molar-refractivity contribution is -0.116. The third kappa shape index (κ3) is 3.27. The Morgan fingerprint density at radius 3 is 2.52 bits per heavy atom. The van der Waals surface area contributed by atoms with Gasteiger partial charge in [-0.2, -0.15) is 0 Å². The summed E-state index contributed by atoms with van der Waals surface area (Å²) in [7, 11) is 2.98. The van der Waals surface area contributed by atoms with E-state index in [1.165, 1.54) is 17.9 Å². The van der Waals surface area contributed by atoms with Crippen LogP contribution in [0.25, 0.3) is 11.2 Å². The first-order valence-electron chi connectivity index (χ1n) is 7.54. The van der Waals surface area contributed by atoms with Crippen molar-refractivity contribution in [3.8, 4) is 0 Å². The Kier molecular flexibility index (Phi) is 4.58. The first-order valence-corrected chi connectivity index (χ1v) is 8.34. The average molecular weight is 406 g/mol. The van der Waals surface area contributed by atoms with E-state index in [4.69, 9.17) is 0 Å². The Hall–Kier alpha value is -2.68. The molecule has 0 aliphatic heterocycles. The van der Waals surface area contributed by atoms with Crippen LogP contribution in [0.4, 0.5) is 5.69 Å². The molecule has 1 N–H and O–H groups in total. The van der Waals surface area contributed by atoms with Crippen LogP contribution >= 0.6 is 15.9 Å². The van der Waals surface area contributed by atoms with Crippen LogP contribution in [0.1, 0.15) is 6.42 Å². The van der Waals surface area contributed by atoms with E-state index < -0.39 is 11.2 Å². The standard InChI is InChI=1S/C16H16BrN5O3/c1-20-14-13(15(24)21(2)16(20)25)22(9-18-14)8-7-12(23)19-11-5-3-10(17)4-6-11/h3-6,9H,7-8H2,1-2H3,(H,19,23). The number of imidazole rings is 1. The minimum absolute atomic E-state index is 0.174. The number of amides is 1. The molecule has 0 bridgehead atoms. The maximum absolute atomic E-state index is 12.3. The highest BCUT2D eigenvalue weighted by atomic mass is 79.9. The van der Waals surface area contributed by atoms with Crippen LogP contribution in [-0.2, 0) is 25.4 Å². The van der Waals surface area contributed by atoms with Gasteiger partial charge in [0.05, 0.1) is 6.33 Å². The Labute approximate surface area is 150 Å². The van der Waals surface area contributed by atoms with Crippen LogP contribution in [0.15, 0.2) is 44.7 Å². The first-order chi connectivity index (χ1) is 11.9. The lowest BCUT2D eigenvalue weighted by Crippen LogP contribution is -2.37. The van der Waals surface area contributed by atoms with Gasteiger partial charge in [-0.3, -0.25) is 18.7 Å². The number of fused-ring (bicyclic) bond motifs is 1. The maximum atomic E-state index is 12.3. The summed E-state index contributed by atoms with van der Waals surface area (Å²) in [6, 6.07) is 7.26. The molecule has 0 aliphatic carbocycles. The van der Waals surface area contributed by atoms with Gasteiger partial charge < -0.3 is 9.88 Å². The molecule has 0 saturated heterocycles. The zero-order chi connectivity index (χ0) is 18.1. The number of nitrogens with zero attached hydrogens (tertiary/aromatic N) is 4. The fraction of sp³-hybridized carbons (Fsp3) is 0.250. The molecular formula is C16H16BrN5O3. The molecule has 0 spiro atoms. The molecule has 0 fully saturated rings. The van der Waals surface area contributed by atoms with E-state index in [0.29, 0.717) is 16.9 Å². The topological polar surface area (TPSA) is 90.9 Å². The van der Waals surface area contributed by atoms with Crippen molar-refractivity contribution in [3.05, 3.63) is 55.9 Å². The summed E-state index contributed by atoms with van der Waals surface area (Å²) in [5.41, 5.74) is 0.448. The van der Waals surface area contributed by atoms with Gasteiger partial charge in [-0.05, 0) is 24.3 Å². The van der Waals surface area contributed by atoms with Crippen molar-refractivity contribution in [2.24, 2.45) is 14.1 Å². The molecule has 9 heteroatoms. The second kappa shape index (κ2) is 6.67. The highest BCUT2D eigenvalue weighted by Crippen LogP contribution is 2.14. The van der Waals surface area contributed by atoms with Crippen molar-refractivity contribution in [1.29, 1.82) is 0 Å². The number of hydrogen-bond donors (Lipinski definition) is 1. The SMILES string of the molecule is Cn1c(=O)c2c(ncn2CCC(=O)Nc2ccc(Br)cc2)n(C)c1=O. The van der Waals surface area contributed by atoms with Crippen LogP contribution in [-0.4, -0.2) is 24.6 Å². The highest BCUT2D eigenvalue weighted by molar-refractivity contribution is 9.10. The summed E-state index contributed by atoms with van der Waals surface area (Å²) < 4.78 is 4.87. The number of carbonyl (C=O) groups excluding carboxylic acids is 1. The van der Waals surface area contributed by atoms with E-state index in [2.05, 4.69) is 26.2 Å². The van der Waals surface area contributed by atoms with Crippen LogP contribution in [0.3, 0.4) is 0 Å². The van der Waals surface area contributed by atoms with Crippen molar-refractivity contribution < 1.29 is 4.79 Å². The Morgan fingerprint density at radius 2 is 1.84 bits per heavy atom. The summed E-state index contributed by atoms with van der Waals surface area (Å²) in [4.78, 5) is 40.5. The van der Waals surface area contributed by atoms with Crippen molar-refractivity contribution in [3.63, 3.8) is 0 Å². The molecule has 25 heavy (non-hydrogen) atoms. The zero-order valence-electron chi connectivity index (χ0n) is 13.7. The zero-order valence-corrected chi connectivity index (χ0v) is 15.3. The molecule has 8 nitrogen and oxygen atoms in total. The number of rotatable bonds is 4. The summed E-state index contributed by atoms with van der Waals surface area (Å²) in [5, 5.41) is 2.79. The van der Waals surface area contributed by atoms with E-state index in [9.17, 15) is 14.4 Å². The quantitative estimate of drug-likeness (QED) is 0.706. The van der Waals surface area contributed by atoms with E-state index in [0.717, 1.165) is 9.04 Å². The maximum Gasteiger partial charge on any atom is 0.332 e. The van der Waals surface area contributed by atoms with E-state index in [1.54, 1.807) is 23.7 Å². The molecule has 3 aromatic rings. The molecule has 3 rings (SSSR count). The monoisotopic (exact) mass is 405 g/mol. The fourth-order valence-electron chi connectivity index (χ4n) is 2.55. The van der Waals surface area contributed by atoms with Crippen molar-refractivity contribution in [2.75, 3.05) is 5.32 Å². The number of aryl methyl sites for hydroxylation is 2. The predicted octanol–water partition coefficient (Wildman–Crippen LogP) is 1.22. The normalized spacial score (nSPS) is 11.0. The van der Waals surface area contributed by atoms with Crippen LogP contribution in [0, 0.1) is 0 Å². The summed E-state index contributed by atoms with van der Waals surface area (Å²) in [6.07, 6.45) is 1.64. The molecule has 1 aromatic carbocycles. The Bertz CT molecular complexity index is 1060. The Morgan fingerprint density at radius 1 is 1.16 bits per heavy atom. The van der Waals surface area contributed by atoms with E-state index in [1.807, 2.05) is 12.1 Å². The summed E-state index contributed by atoms with van der Waals surface area (Å²) in [6.45, 7) is 0.284. The van der Waals surface area contributed by atoms with Gasteiger partial charge in [0.15, 0.2) is 11.2 Å². The van der Waals surface area contributed by atoms with Crippen LogP contribution in [0.5, 0.6) is 0 Å². The molecule has 130 valence electrons. The average Bonchev–Trinajstić information content (AvgIpc) is 3.02. The lowest BCUT2D eigenvalue weighted by atomic mass is 10.3. The van der Waals surface area contributed by atoms with Gasteiger partial charge in [0.25, 0.3) is 5.56 Å².